The molecule has 4 heterocycles. The lowest BCUT2D eigenvalue weighted by atomic mass is 9.91. The molecule has 10 N–H and O–H groups in total. The van der Waals surface area contributed by atoms with Gasteiger partial charge in [-0.05, 0) is 45.7 Å². The lowest BCUT2D eigenvalue weighted by Crippen LogP contribution is -2.61. The van der Waals surface area contributed by atoms with E-state index in [1.165, 1.54) is 27.7 Å². The summed E-state index contributed by atoms with van der Waals surface area (Å²) in [6.45, 7) is 7.08. The van der Waals surface area contributed by atoms with Crippen molar-refractivity contribution in [1.29, 1.82) is 0 Å². The quantitative estimate of drug-likeness (QED) is 0.159. The minimum atomic E-state index is -1.61. The first-order chi connectivity index (χ1) is 26.4. The zero-order valence-electron chi connectivity index (χ0n) is 32.0. The average Bonchev–Trinajstić information content (AvgIpc) is 3.69. The Kier molecular flexibility index (Phi) is 13.3. The highest BCUT2D eigenvalue weighted by Crippen LogP contribution is 2.32. The number of carbonyl (C=O) groups excluding carboxylic acids is 7. The number of aromatic nitrogens is 1. The Hall–Kier alpha value is -4.72. The van der Waals surface area contributed by atoms with E-state index in [4.69, 9.17) is 0 Å². The standard InChI is InChI=1S/C37H52N8O10S/c1-6-11-37(5,55)14-25-32(51)38-18(3)30(49)44-28(19(4)46)34(53)42-26-16-56-35-22(21-9-7-8-10-23(21)43-35)13-24(31(50)41-25)40-29(48)17(2)39-33(52)27-12-20(47)15-45(27)36(26)54/h7-10,17-20,24-28,43,46-47,55H,6,11-16H2,1-5H3,(H,38,51)(H,39,52)(H,40,48)(H,41,50)(H,42,53)(H,44,49)/t17-,18-,19-,20+,24+,25-,26+,27+,28-,37-/m0/s1. The third-order valence-electron chi connectivity index (χ3n) is 10.3. The van der Waals surface area contributed by atoms with Crippen molar-refractivity contribution in [2.24, 2.45) is 0 Å². The predicted octanol–water partition coefficient (Wildman–Crippen LogP) is -1.94. The van der Waals surface area contributed by atoms with Crippen molar-refractivity contribution >= 4 is 64.0 Å². The van der Waals surface area contributed by atoms with Gasteiger partial charge in [-0.25, -0.2) is 0 Å². The van der Waals surface area contributed by atoms with Crippen LogP contribution in [0.1, 0.15) is 65.9 Å². The minimum absolute atomic E-state index is 0.140. The Morgan fingerprint density at radius 1 is 0.857 bits per heavy atom. The molecule has 0 aliphatic carbocycles. The first kappa shape index (κ1) is 42.4. The zero-order valence-corrected chi connectivity index (χ0v) is 32.8. The number of nitrogens with one attached hydrogen (secondary N) is 7. The SMILES string of the molecule is CCC[C@](C)(O)C[C@@H]1NC(=O)[C@H]2Cc3c([nH]c4ccccc34)SC[C@@H](NC(=O)[C@H]([C@H](C)O)NC(=O)[C@H](C)NC1=O)C(=O)N1C[C@H](O)C[C@@H]1C(=O)N[C@@H](C)C(=O)N2. The number of aromatic amines is 1. The number of aliphatic hydroxyl groups is 3. The van der Waals surface area contributed by atoms with Crippen LogP contribution in [0.3, 0.4) is 0 Å². The number of benzene rings is 1. The maximum Gasteiger partial charge on any atom is 0.246 e. The molecular formula is C37H52N8O10S. The van der Waals surface area contributed by atoms with Crippen LogP contribution in [0.4, 0.5) is 0 Å². The fraction of sp³-hybridized carbons (Fsp3) is 0.595. The fourth-order valence-electron chi connectivity index (χ4n) is 7.32. The number of hydrogen-bond acceptors (Lipinski definition) is 11. The molecule has 2 aromatic rings. The van der Waals surface area contributed by atoms with Crippen molar-refractivity contribution in [3.63, 3.8) is 0 Å². The van der Waals surface area contributed by atoms with Crippen molar-refractivity contribution in [3.05, 3.63) is 29.8 Å². The summed E-state index contributed by atoms with van der Waals surface area (Å²) in [5.74, 6) is -5.86. The molecule has 56 heavy (non-hydrogen) atoms. The van der Waals surface area contributed by atoms with E-state index in [2.05, 4.69) is 36.9 Å². The number of rotatable bonds is 5. The molecule has 0 radical (unpaired) electrons. The predicted molar refractivity (Wildman–Crippen MR) is 204 cm³/mol. The van der Waals surface area contributed by atoms with Crippen molar-refractivity contribution in [2.75, 3.05) is 12.3 Å². The topological polar surface area (TPSA) is 271 Å². The van der Waals surface area contributed by atoms with Gasteiger partial charge in [0.1, 0.15) is 42.3 Å². The smallest absolute Gasteiger partial charge is 0.246 e. The van der Waals surface area contributed by atoms with Gasteiger partial charge in [-0.2, -0.15) is 0 Å². The highest BCUT2D eigenvalue weighted by Gasteiger charge is 2.44. The van der Waals surface area contributed by atoms with Gasteiger partial charge >= 0.3 is 0 Å². The van der Waals surface area contributed by atoms with Crippen LogP contribution < -0.4 is 31.9 Å². The van der Waals surface area contributed by atoms with E-state index >= 15 is 0 Å². The molecule has 19 heteroatoms. The van der Waals surface area contributed by atoms with E-state index in [9.17, 15) is 48.9 Å². The van der Waals surface area contributed by atoms with Crippen LogP contribution in [0.2, 0.25) is 0 Å². The van der Waals surface area contributed by atoms with Gasteiger partial charge < -0.3 is 57.1 Å². The fourth-order valence-corrected chi connectivity index (χ4v) is 8.43. The van der Waals surface area contributed by atoms with Crippen molar-refractivity contribution in [2.45, 2.75) is 132 Å². The average molecular weight is 801 g/mol. The first-order valence-corrected chi connectivity index (χ1v) is 19.8. The molecule has 1 saturated heterocycles. The maximum absolute atomic E-state index is 14.4. The Morgan fingerprint density at radius 2 is 1.50 bits per heavy atom. The molecule has 5 rings (SSSR count). The second-order valence-electron chi connectivity index (χ2n) is 15.2. The summed E-state index contributed by atoms with van der Waals surface area (Å²) in [5.41, 5.74) is -0.216. The van der Waals surface area contributed by atoms with Gasteiger partial charge in [0.15, 0.2) is 0 Å². The lowest BCUT2D eigenvalue weighted by Gasteiger charge is -2.31. The van der Waals surface area contributed by atoms with E-state index in [-0.39, 0.29) is 38.0 Å². The Morgan fingerprint density at radius 3 is 2.18 bits per heavy atom. The highest BCUT2D eigenvalue weighted by atomic mass is 32.2. The summed E-state index contributed by atoms with van der Waals surface area (Å²) in [4.78, 5) is 102. The summed E-state index contributed by atoms with van der Waals surface area (Å²) >= 11 is 1.11. The van der Waals surface area contributed by atoms with Crippen molar-refractivity contribution in [1.82, 2.24) is 41.8 Å². The summed E-state index contributed by atoms with van der Waals surface area (Å²) < 4.78 is 0. The Labute approximate surface area is 328 Å². The molecule has 18 nitrogen and oxygen atoms in total. The molecule has 0 spiro atoms. The van der Waals surface area contributed by atoms with Gasteiger partial charge in [-0.3, -0.25) is 33.6 Å². The van der Waals surface area contributed by atoms with Crippen LogP contribution in [0.15, 0.2) is 29.3 Å². The Balaban J connectivity index is 1.68. The first-order valence-electron chi connectivity index (χ1n) is 18.8. The van der Waals surface area contributed by atoms with Gasteiger partial charge in [0.2, 0.25) is 41.4 Å². The lowest BCUT2D eigenvalue weighted by molar-refractivity contribution is -0.142. The molecule has 10 atom stereocenters. The van der Waals surface area contributed by atoms with Crippen LogP contribution >= 0.6 is 11.8 Å². The number of amides is 7. The second kappa shape index (κ2) is 17.6. The Bertz CT molecular complexity index is 1850. The third-order valence-corrected chi connectivity index (χ3v) is 11.5. The summed E-state index contributed by atoms with van der Waals surface area (Å²) in [6.07, 6.45) is -2.35. The molecule has 2 bridgehead atoms. The molecule has 306 valence electrons. The van der Waals surface area contributed by atoms with Gasteiger partial charge in [-0.1, -0.05) is 31.5 Å². The van der Waals surface area contributed by atoms with Crippen LogP contribution in [-0.2, 0) is 40.0 Å². The minimum Gasteiger partial charge on any atom is -0.391 e. The van der Waals surface area contributed by atoms with Crippen LogP contribution in [0.25, 0.3) is 10.9 Å². The molecular weight excluding hydrogens is 749 g/mol. The van der Waals surface area contributed by atoms with E-state index in [1.54, 1.807) is 24.3 Å². The monoisotopic (exact) mass is 800 g/mol. The second-order valence-corrected chi connectivity index (χ2v) is 16.2. The van der Waals surface area contributed by atoms with Gasteiger partial charge in [0.05, 0.1) is 22.8 Å². The molecule has 0 saturated carbocycles. The van der Waals surface area contributed by atoms with Gasteiger partial charge in [0, 0.05) is 42.5 Å². The summed E-state index contributed by atoms with van der Waals surface area (Å²) in [6, 6.07) is -2.36. The normalized spacial score (nSPS) is 30.4. The van der Waals surface area contributed by atoms with Gasteiger partial charge in [-0.15, -0.1) is 11.8 Å². The molecule has 0 unspecified atom stereocenters. The number of para-hydroxylation sites is 1. The van der Waals surface area contributed by atoms with Crippen molar-refractivity contribution < 1.29 is 48.9 Å². The number of thioether (sulfide) groups is 1. The van der Waals surface area contributed by atoms with Crippen LogP contribution in [0, 0.1) is 0 Å². The zero-order chi connectivity index (χ0) is 41.1. The number of hydrogen-bond donors (Lipinski definition) is 10. The molecule has 1 fully saturated rings. The van der Waals surface area contributed by atoms with Gasteiger partial charge in [0.25, 0.3) is 0 Å². The number of fused-ring (bicyclic) bond motifs is 5. The number of aliphatic hydroxyl groups excluding tert-OH is 2. The molecule has 3 aliphatic rings. The van der Waals surface area contributed by atoms with E-state index in [0.29, 0.717) is 27.9 Å². The third kappa shape index (κ3) is 9.80. The number of nitrogens with zero attached hydrogens (tertiary/aromatic N) is 1. The van der Waals surface area contributed by atoms with Crippen LogP contribution in [0.5, 0.6) is 0 Å². The largest absolute Gasteiger partial charge is 0.391 e. The van der Waals surface area contributed by atoms with Crippen LogP contribution in [-0.4, -0.2) is 139 Å². The molecule has 1 aromatic carbocycles. The summed E-state index contributed by atoms with van der Waals surface area (Å²) in [5, 5.41) is 49.3. The summed E-state index contributed by atoms with van der Waals surface area (Å²) in [7, 11) is 0. The number of carbonyl (C=O) groups is 7. The molecule has 7 amide bonds. The van der Waals surface area contributed by atoms with E-state index < -0.39 is 101 Å². The molecule has 1 aromatic heterocycles. The highest BCUT2D eigenvalue weighted by molar-refractivity contribution is 7.99. The molecule has 3 aliphatic heterocycles. The van der Waals surface area contributed by atoms with E-state index in [1.807, 2.05) is 6.92 Å². The maximum atomic E-state index is 14.4. The van der Waals surface area contributed by atoms with Crippen molar-refractivity contribution in [3.8, 4) is 0 Å². The number of H-pyrrole nitrogens is 1. The van der Waals surface area contributed by atoms with E-state index in [0.717, 1.165) is 16.7 Å².